The van der Waals surface area contributed by atoms with Crippen molar-refractivity contribution in [1.82, 2.24) is 5.32 Å². The topological polar surface area (TPSA) is 87.0 Å². The normalized spacial score (nSPS) is 41.3. The molecule has 7 unspecified atom stereocenters. The standard InChI is InChI=1S/C31H40F2N2O3/c1-27(2)11-12-31(35-26(38)30(6,32)33)10-9-19-18-7-8-23-28(3,4)25(37)17(16-34)14-29(23,5)20(18)13-22(36)24(19)21(31)15-27/h13-14,18-19,21,23-24H,7-12,15H2,1-6H3,(H,35,38). The Hall–Kier alpha value is -2.36. The number of ketones is 2. The van der Waals surface area contributed by atoms with Crippen molar-refractivity contribution in [3.63, 3.8) is 0 Å². The number of fused-ring (bicyclic) bond motifs is 7. The molecule has 5 aliphatic rings. The third kappa shape index (κ3) is 3.84. The summed E-state index contributed by atoms with van der Waals surface area (Å²) in [6.45, 7) is 10.9. The van der Waals surface area contributed by atoms with E-state index in [0.717, 1.165) is 24.8 Å². The van der Waals surface area contributed by atoms with Gasteiger partial charge in [0.1, 0.15) is 6.07 Å². The minimum atomic E-state index is -3.48. The van der Waals surface area contributed by atoms with Gasteiger partial charge >= 0.3 is 5.92 Å². The molecule has 0 saturated heterocycles. The van der Waals surface area contributed by atoms with Crippen LogP contribution in [0.4, 0.5) is 8.78 Å². The number of carbonyl (C=O) groups is 3. The molecule has 7 heteroatoms. The van der Waals surface area contributed by atoms with E-state index in [-0.39, 0.29) is 52.1 Å². The average molecular weight is 527 g/mol. The van der Waals surface area contributed by atoms with Crippen LogP contribution in [-0.4, -0.2) is 28.9 Å². The van der Waals surface area contributed by atoms with Crippen LogP contribution in [0.2, 0.25) is 0 Å². The minimum Gasteiger partial charge on any atom is -0.345 e. The lowest BCUT2D eigenvalue weighted by Crippen LogP contribution is -2.66. The molecule has 0 radical (unpaired) electrons. The lowest BCUT2D eigenvalue weighted by Gasteiger charge is -2.62. The Labute approximate surface area is 224 Å². The number of allylic oxidation sites excluding steroid dienone is 4. The fraction of sp³-hybridized carbons (Fsp3) is 0.742. The molecule has 38 heavy (non-hydrogen) atoms. The molecule has 3 saturated carbocycles. The molecule has 5 nitrogen and oxygen atoms in total. The SMILES string of the molecule is CC1(C)CCC2(NC(=O)C(C)(F)F)CCC3C4CCC5C(C)(C)C(=O)C(C#N)=CC5(C)C4=CC(=O)C3C2C1. The summed E-state index contributed by atoms with van der Waals surface area (Å²) < 4.78 is 28.0. The minimum absolute atomic E-state index is 0.00572. The summed E-state index contributed by atoms with van der Waals surface area (Å²) in [4.78, 5) is 39.7. The maximum atomic E-state index is 14.1. The molecule has 1 N–H and O–H groups in total. The summed E-state index contributed by atoms with van der Waals surface area (Å²) in [5.74, 6) is -5.20. The van der Waals surface area contributed by atoms with Crippen molar-refractivity contribution >= 4 is 17.5 Å². The number of nitrogens with zero attached hydrogens (tertiary/aromatic N) is 1. The van der Waals surface area contributed by atoms with Crippen molar-refractivity contribution in [2.75, 3.05) is 0 Å². The summed E-state index contributed by atoms with van der Waals surface area (Å²) in [6.07, 6.45) is 8.64. The van der Waals surface area contributed by atoms with Gasteiger partial charge in [0.15, 0.2) is 11.6 Å². The summed E-state index contributed by atoms with van der Waals surface area (Å²) in [7, 11) is 0. The Kier molecular flexibility index (Phi) is 5.96. The average Bonchev–Trinajstić information content (AvgIpc) is 2.81. The summed E-state index contributed by atoms with van der Waals surface area (Å²) in [5.41, 5.74) is -0.926. The highest BCUT2D eigenvalue weighted by atomic mass is 19.3. The van der Waals surface area contributed by atoms with Crippen LogP contribution in [0.3, 0.4) is 0 Å². The predicted molar refractivity (Wildman–Crippen MR) is 139 cm³/mol. The number of hydrogen-bond acceptors (Lipinski definition) is 4. The quantitative estimate of drug-likeness (QED) is 0.482. The second kappa shape index (κ2) is 8.32. The molecule has 0 bridgehead atoms. The zero-order valence-electron chi connectivity index (χ0n) is 23.4. The number of carbonyl (C=O) groups excluding carboxylic acids is 3. The van der Waals surface area contributed by atoms with E-state index < -0.39 is 28.2 Å². The smallest absolute Gasteiger partial charge is 0.321 e. The Bertz CT molecular complexity index is 1200. The Balaban J connectivity index is 1.58. The van der Waals surface area contributed by atoms with E-state index in [9.17, 15) is 28.4 Å². The van der Waals surface area contributed by atoms with Crippen molar-refractivity contribution in [3.05, 3.63) is 23.3 Å². The van der Waals surface area contributed by atoms with E-state index >= 15 is 0 Å². The fourth-order valence-electron chi connectivity index (χ4n) is 9.34. The zero-order chi connectivity index (χ0) is 28.1. The molecule has 0 spiro atoms. The predicted octanol–water partition coefficient (Wildman–Crippen LogP) is 5.95. The van der Waals surface area contributed by atoms with Crippen LogP contribution in [0.15, 0.2) is 23.3 Å². The molecule has 1 amide bonds. The van der Waals surface area contributed by atoms with Gasteiger partial charge in [0.25, 0.3) is 5.91 Å². The first-order valence-corrected chi connectivity index (χ1v) is 14.1. The Morgan fingerprint density at radius 1 is 1.08 bits per heavy atom. The number of Topliss-reactive ketones (excluding diaryl/α,β-unsaturated/α-hetero) is 1. The van der Waals surface area contributed by atoms with Crippen LogP contribution in [0, 0.1) is 57.2 Å². The summed E-state index contributed by atoms with van der Waals surface area (Å²) >= 11 is 0. The van der Waals surface area contributed by atoms with Gasteiger partial charge in [-0.05, 0) is 80.1 Å². The zero-order valence-corrected chi connectivity index (χ0v) is 23.4. The highest BCUT2D eigenvalue weighted by Gasteiger charge is 2.63. The number of halogens is 2. The molecule has 0 heterocycles. The molecule has 5 rings (SSSR count). The first kappa shape index (κ1) is 27.2. The van der Waals surface area contributed by atoms with Gasteiger partial charge in [-0.25, -0.2) is 0 Å². The number of amides is 1. The third-order valence-electron chi connectivity index (χ3n) is 11.2. The lowest BCUT2D eigenvalue weighted by molar-refractivity contribution is -0.153. The monoisotopic (exact) mass is 526 g/mol. The maximum absolute atomic E-state index is 14.1. The number of rotatable bonds is 2. The Morgan fingerprint density at radius 2 is 1.76 bits per heavy atom. The van der Waals surface area contributed by atoms with Gasteiger partial charge in [-0.1, -0.05) is 46.3 Å². The van der Waals surface area contributed by atoms with Crippen LogP contribution in [0.1, 0.15) is 86.5 Å². The van der Waals surface area contributed by atoms with Crippen LogP contribution in [-0.2, 0) is 14.4 Å². The van der Waals surface area contributed by atoms with E-state index in [1.807, 2.05) is 19.9 Å². The van der Waals surface area contributed by atoms with Crippen molar-refractivity contribution in [1.29, 1.82) is 5.26 Å². The van der Waals surface area contributed by atoms with Crippen molar-refractivity contribution in [2.45, 2.75) is 97.9 Å². The molecule has 5 aliphatic carbocycles. The van der Waals surface area contributed by atoms with Gasteiger partial charge < -0.3 is 5.32 Å². The maximum Gasteiger partial charge on any atom is 0.321 e. The van der Waals surface area contributed by atoms with Gasteiger partial charge in [0, 0.05) is 29.2 Å². The molecule has 206 valence electrons. The molecule has 3 fully saturated rings. The van der Waals surface area contributed by atoms with Gasteiger partial charge in [-0.2, -0.15) is 14.0 Å². The number of nitriles is 1. The lowest BCUT2D eigenvalue weighted by atomic mass is 9.43. The van der Waals surface area contributed by atoms with Gasteiger partial charge in [0.05, 0.1) is 5.57 Å². The molecular formula is C31H40F2N2O3. The number of hydrogen-bond donors (Lipinski definition) is 1. The van der Waals surface area contributed by atoms with Gasteiger partial charge in [-0.15, -0.1) is 0 Å². The molecule has 0 aromatic carbocycles. The van der Waals surface area contributed by atoms with E-state index in [0.29, 0.717) is 32.6 Å². The highest BCUT2D eigenvalue weighted by molar-refractivity contribution is 6.04. The summed E-state index contributed by atoms with van der Waals surface area (Å²) in [5, 5.41) is 12.5. The van der Waals surface area contributed by atoms with E-state index in [4.69, 9.17) is 0 Å². The van der Waals surface area contributed by atoms with Crippen LogP contribution in [0.25, 0.3) is 0 Å². The molecule has 7 atom stereocenters. The first-order valence-electron chi connectivity index (χ1n) is 14.1. The van der Waals surface area contributed by atoms with E-state index in [1.165, 1.54) is 0 Å². The number of alkyl halides is 2. The second-order valence-electron chi connectivity index (χ2n) is 14.4. The van der Waals surface area contributed by atoms with E-state index in [1.54, 1.807) is 6.08 Å². The van der Waals surface area contributed by atoms with Crippen LogP contribution < -0.4 is 5.32 Å². The largest absolute Gasteiger partial charge is 0.345 e. The van der Waals surface area contributed by atoms with Crippen molar-refractivity contribution < 1.29 is 23.2 Å². The molecule has 0 aromatic heterocycles. The first-order chi connectivity index (χ1) is 17.5. The molecule has 0 aliphatic heterocycles. The number of nitrogens with one attached hydrogen (secondary N) is 1. The molecular weight excluding hydrogens is 486 g/mol. The van der Waals surface area contributed by atoms with Crippen molar-refractivity contribution in [2.24, 2.45) is 45.8 Å². The second-order valence-corrected chi connectivity index (χ2v) is 14.4. The Morgan fingerprint density at radius 3 is 2.39 bits per heavy atom. The van der Waals surface area contributed by atoms with Gasteiger partial charge in [0.2, 0.25) is 0 Å². The summed E-state index contributed by atoms with van der Waals surface area (Å²) in [6, 6.07) is 2.11. The van der Waals surface area contributed by atoms with Crippen LogP contribution >= 0.6 is 0 Å². The van der Waals surface area contributed by atoms with Crippen LogP contribution in [0.5, 0.6) is 0 Å². The fourth-order valence-corrected chi connectivity index (χ4v) is 9.34. The highest BCUT2D eigenvalue weighted by Crippen LogP contribution is 2.65. The molecule has 0 aromatic rings. The van der Waals surface area contributed by atoms with Crippen molar-refractivity contribution in [3.8, 4) is 6.07 Å². The van der Waals surface area contributed by atoms with E-state index in [2.05, 4.69) is 32.2 Å². The third-order valence-corrected chi connectivity index (χ3v) is 11.2. The van der Waals surface area contributed by atoms with Gasteiger partial charge in [-0.3, -0.25) is 14.4 Å².